The third-order valence-corrected chi connectivity index (χ3v) is 3.49. The molecular formula is C14H15N5O. The molecule has 0 saturated carbocycles. The molecule has 0 spiro atoms. The Kier molecular flexibility index (Phi) is 2.98. The number of carbonyl (C=O) groups excluding carboxylic acids is 1. The van der Waals surface area contributed by atoms with Gasteiger partial charge in [-0.15, -0.1) is 0 Å². The van der Waals surface area contributed by atoms with Gasteiger partial charge in [0.2, 0.25) is 0 Å². The van der Waals surface area contributed by atoms with Crippen molar-refractivity contribution in [2.75, 3.05) is 11.1 Å². The molecule has 1 amide bonds. The van der Waals surface area contributed by atoms with Crippen LogP contribution in [-0.4, -0.2) is 15.9 Å². The normalized spacial score (nSPS) is 16.7. The molecule has 3 rings (SSSR count). The van der Waals surface area contributed by atoms with Crippen molar-refractivity contribution in [3.8, 4) is 0 Å². The van der Waals surface area contributed by atoms with E-state index in [-0.39, 0.29) is 11.7 Å². The number of fused-ring (bicyclic) bond motifs is 1. The zero-order chi connectivity index (χ0) is 14.1. The van der Waals surface area contributed by atoms with Gasteiger partial charge in [-0.3, -0.25) is 4.79 Å². The largest absolute Gasteiger partial charge is 0.399 e. The monoisotopic (exact) mass is 269 g/mol. The van der Waals surface area contributed by atoms with Crippen LogP contribution in [0.1, 0.15) is 34.1 Å². The number of aromatic nitrogens is 2. The summed E-state index contributed by atoms with van der Waals surface area (Å²) in [6.07, 6.45) is 4.86. The molecule has 1 aromatic heterocycles. The van der Waals surface area contributed by atoms with Crippen LogP contribution in [0.4, 0.5) is 11.5 Å². The summed E-state index contributed by atoms with van der Waals surface area (Å²) in [5.74, 6) is -0.161. The number of hydrogen-bond acceptors (Lipinski definition) is 5. The van der Waals surface area contributed by atoms with E-state index in [1.54, 1.807) is 0 Å². The highest BCUT2D eigenvalue weighted by atomic mass is 16.1. The minimum atomic E-state index is -0.587. The SMILES string of the molecule is NC(=O)c1nccnc1NC1CCc2cc(N)ccc21. The van der Waals surface area contributed by atoms with Gasteiger partial charge >= 0.3 is 0 Å². The first kappa shape index (κ1) is 12.4. The van der Waals surface area contributed by atoms with Crippen LogP contribution in [0.3, 0.4) is 0 Å². The molecule has 20 heavy (non-hydrogen) atoms. The molecular weight excluding hydrogens is 254 g/mol. The van der Waals surface area contributed by atoms with E-state index in [4.69, 9.17) is 11.5 Å². The summed E-state index contributed by atoms with van der Waals surface area (Å²) in [7, 11) is 0. The summed E-state index contributed by atoms with van der Waals surface area (Å²) in [6, 6.07) is 5.98. The second-order valence-electron chi connectivity index (χ2n) is 4.81. The lowest BCUT2D eigenvalue weighted by Gasteiger charge is -2.16. The maximum atomic E-state index is 11.3. The van der Waals surface area contributed by atoms with Gasteiger partial charge in [0, 0.05) is 18.1 Å². The van der Waals surface area contributed by atoms with Gasteiger partial charge in [0.25, 0.3) is 5.91 Å². The second-order valence-corrected chi connectivity index (χ2v) is 4.81. The van der Waals surface area contributed by atoms with Gasteiger partial charge in [-0.2, -0.15) is 0 Å². The average Bonchev–Trinajstić information content (AvgIpc) is 2.81. The van der Waals surface area contributed by atoms with Crippen molar-refractivity contribution in [3.05, 3.63) is 47.4 Å². The fourth-order valence-corrected chi connectivity index (χ4v) is 2.58. The Bertz CT molecular complexity index is 670. The molecule has 1 atom stereocenters. The van der Waals surface area contributed by atoms with Crippen LogP contribution in [0.5, 0.6) is 0 Å². The number of anilines is 2. The zero-order valence-corrected chi connectivity index (χ0v) is 10.8. The van der Waals surface area contributed by atoms with E-state index in [2.05, 4.69) is 15.3 Å². The smallest absolute Gasteiger partial charge is 0.271 e. The minimum absolute atomic E-state index is 0.0976. The van der Waals surface area contributed by atoms with Gasteiger partial charge < -0.3 is 16.8 Å². The van der Waals surface area contributed by atoms with E-state index in [1.807, 2.05) is 18.2 Å². The molecule has 1 aromatic carbocycles. The molecule has 2 aromatic rings. The predicted octanol–water partition coefficient (Wildman–Crippen LogP) is 1.26. The number of amides is 1. The summed E-state index contributed by atoms with van der Waals surface area (Å²) in [4.78, 5) is 19.5. The number of nitrogens with two attached hydrogens (primary N) is 2. The van der Waals surface area contributed by atoms with Crippen molar-refractivity contribution in [1.29, 1.82) is 0 Å². The summed E-state index contributed by atoms with van der Waals surface area (Å²) in [6.45, 7) is 0. The second kappa shape index (κ2) is 4.80. The fraction of sp³-hybridized carbons (Fsp3) is 0.214. The van der Waals surface area contributed by atoms with Gasteiger partial charge in [0.05, 0.1) is 6.04 Å². The van der Waals surface area contributed by atoms with Crippen LogP contribution in [0.2, 0.25) is 0 Å². The van der Waals surface area contributed by atoms with Crippen LogP contribution in [0.15, 0.2) is 30.6 Å². The highest BCUT2D eigenvalue weighted by Gasteiger charge is 2.24. The summed E-state index contributed by atoms with van der Waals surface area (Å²) in [5, 5.41) is 3.25. The summed E-state index contributed by atoms with van der Waals surface area (Å²) >= 11 is 0. The van der Waals surface area contributed by atoms with Crippen molar-refractivity contribution in [2.24, 2.45) is 5.73 Å². The zero-order valence-electron chi connectivity index (χ0n) is 10.8. The van der Waals surface area contributed by atoms with Gasteiger partial charge in [-0.05, 0) is 36.1 Å². The molecule has 0 bridgehead atoms. The number of aryl methyl sites for hydroxylation is 1. The quantitative estimate of drug-likeness (QED) is 0.727. The first-order chi connectivity index (χ1) is 9.65. The van der Waals surface area contributed by atoms with E-state index >= 15 is 0 Å². The lowest BCUT2D eigenvalue weighted by molar-refractivity contribution is 0.0996. The topological polar surface area (TPSA) is 107 Å². The van der Waals surface area contributed by atoms with E-state index in [0.717, 1.165) is 18.5 Å². The molecule has 1 aliphatic carbocycles. The molecule has 0 radical (unpaired) electrons. The molecule has 0 fully saturated rings. The molecule has 5 N–H and O–H groups in total. The van der Waals surface area contributed by atoms with Crippen molar-refractivity contribution >= 4 is 17.4 Å². The number of rotatable bonds is 3. The van der Waals surface area contributed by atoms with Gasteiger partial charge in [0.1, 0.15) is 0 Å². The first-order valence-electron chi connectivity index (χ1n) is 6.41. The maximum absolute atomic E-state index is 11.3. The lowest BCUT2D eigenvalue weighted by atomic mass is 10.1. The van der Waals surface area contributed by atoms with E-state index in [1.165, 1.54) is 23.5 Å². The third-order valence-electron chi connectivity index (χ3n) is 3.49. The summed E-state index contributed by atoms with van der Waals surface area (Å²) < 4.78 is 0. The molecule has 102 valence electrons. The van der Waals surface area contributed by atoms with Crippen molar-refractivity contribution in [1.82, 2.24) is 9.97 Å². The number of primary amides is 1. The number of nitrogen functional groups attached to an aromatic ring is 1. The molecule has 1 unspecified atom stereocenters. The average molecular weight is 269 g/mol. The molecule has 1 heterocycles. The predicted molar refractivity (Wildman–Crippen MR) is 76.1 cm³/mol. The lowest BCUT2D eigenvalue weighted by Crippen LogP contribution is -2.18. The highest BCUT2D eigenvalue weighted by molar-refractivity contribution is 5.95. The third kappa shape index (κ3) is 2.16. The number of benzene rings is 1. The van der Waals surface area contributed by atoms with Crippen LogP contribution >= 0.6 is 0 Å². The van der Waals surface area contributed by atoms with Gasteiger partial charge in [-0.25, -0.2) is 9.97 Å². The van der Waals surface area contributed by atoms with Crippen LogP contribution in [0, 0.1) is 0 Å². The Balaban J connectivity index is 1.90. The number of hydrogen-bond donors (Lipinski definition) is 3. The Morgan fingerprint density at radius 1 is 1.30 bits per heavy atom. The van der Waals surface area contributed by atoms with Gasteiger partial charge in [0.15, 0.2) is 11.5 Å². The Morgan fingerprint density at radius 3 is 2.90 bits per heavy atom. The van der Waals surface area contributed by atoms with E-state index in [0.29, 0.717) is 5.82 Å². The van der Waals surface area contributed by atoms with E-state index < -0.39 is 5.91 Å². The Labute approximate surface area is 116 Å². The number of nitrogens with zero attached hydrogens (tertiary/aromatic N) is 2. The fourth-order valence-electron chi connectivity index (χ4n) is 2.58. The first-order valence-corrected chi connectivity index (χ1v) is 6.41. The van der Waals surface area contributed by atoms with Crippen molar-refractivity contribution in [3.63, 3.8) is 0 Å². The molecule has 0 saturated heterocycles. The maximum Gasteiger partial charge on any atom is 0.271 e. The minimum Gasteiger partial charge on any atom is -0.399 e. The van der Waals surface area contributed by atoms with E-state index in [9.17, 15) is 4.79 Å². The van der Waals surface area contributed by atoms with Crippen molar-refractivity contribution in [2.45, 2.75) is 18.9 Å². The van der Waals surface area contributed by atoms with Crippen LogP contribution in [0.25, 0.3) is 0 Å². The number of carbonyl (C=O) groups is 1. The highest BCUT2D eigenvalue weighted by Crippen LogP contribution is 2.34. The molecule has 6 nitrogen and oxygen atoms in total. The van der Waals surface area contributed by atoms with Gasteiger partial charge in [-0.1, -0.05) is 6.07 Å². The molecule has 0 aliphatic heterocycles. The Morgan fingerprint density at radius 2 is 2.10 bits per heavy atom. The standard InChI is InChI=1S/C14H15N5O/c15-9-2-3-10-8(7-9)1-4-11(10)19-14-12(13(16)20)17-5-6-18-14/h2-3,5-7,11H,1,4,15H2,(H2,16,20)(H,18,19). The number of nitrogens with one attached hydrogen (secondary N) is 1. The van der Waals surface area contributed by atoms with Crippen LogP contribution in [-0.2, 0) is 6.42 Å². The molecule has 6 heteroatoms. The summed E-state index contributed by atoms with van der Waals surface area (Å²) in [5.41, 5.74) is 14.4. The molecule has 1 aliphatic rings. The van der Waals surface area contributed by atoms with Crippen molar-refractivity contribution < 1.29 is 4.79 Å². The van der Waals surface area contributed by atoms with Crippen LogP contribution < -0.4 is 16.8 Å². The Hall–Kier alpha value is -2.63.